The van der Waals surface area contributed by atoms with E-state index in [0.717, 1.165) is 5.69 Å². The number of aliphatic carboxylic acids is 1. The number of ether oxygens (including phenoxy) is 1. The first-order chi connectivity index (χ1) is 11.0. The van der Waals surface area contributed by atoms with Crippen LogP contribution in [0.25, 0.3) is 0 Å². The first kappa shape index (κ1) is 15.4. The van der Waals surface area contributed by atoms with Crippen molar-refractivity contribution in [2.75, 3.05) is 12.4 Å². The third-order valence-corrected chi connectivity index (χ3v) is 4.24. The predicted octanol–water partition coefficient (Wildman–Crippen LogP) is 3.66. The fraction of sp³-hybridized carbons (Fsp3) is 0.176. The van der Waals surface area contributed by atoms with Crippen molar-refractivity contribution in [3.8, 4) is 5.88 Å². The molecule has 0 saturated heterocycles. The highest BCUT2D eigenvalue weighted by Gasteiger charge is 2.36. The van der Waals surface area contributed by atoms with E-state index in [9.17, 15) is 9.90 Å². The van der Waals surface area contributed by atoms with Gasteiger partial charge in [0.1, 0.15) is 0 Å². The van der Waals surface area contributed by atoms with Crippen molar-refractivity contribution in [3.63, 3.8) is 0 Å². The first-order valence-corrected chi connectivity index (χ1v) is 7.40. The molecule has 2 heterocycles. The number of anilines is 1. The average Bonchev–Trinajstić information content (AvgIpc) is 2.53. The smallest absolute Gasteiger partial charge is 0.334 e. The van der Waals surface area contributed by atoms with E-state index in [4.69, 9.17) is 16.3 Å². The molecule has 23 heavy (non-hydrogen) atoms. The zero-order valence-corrected chi connectivity index (χ0v) is 13.4. The quantitative estimate of drug-likeness (QED) is 0.898. The van der Waals surface area contributed by atoms with Crippen LogP contribution in [0.3, 0.4) is 0 Å². The summed E-state index contributed by atoms with van der Waals surface area (Å²) in [5.74, 6) is -1.18. The summed E-state index contributed by atoms with van der Waals surface area (Å²) in [4.78, 5) is 16.1. The maximum absolute atomic E-state index is 11.9. The fourth-order valence-electron chi connectivity index (χ4n) is 2.94. The van der Waals surface area contributed by atoms with Gasteiger partial charge < -0.3 is 15.2 Å². The lowest BCUT2D eigenvalue weighted by molar-refractivity contribution is -0.132. The molecule has 118 valence electrons. The molecule has 0 saturated carbocycles. The van der Waals surface area contributed by atoms with Crippen molar-refractivity contribution in [1.82, 2.24) is 4.98 Å². The molecule has 1 atom stereocenters. The Morgan fingerprint density at radius 1 is 1.35 bits per heavy atom. The summed E-state index contributed by atoms with van der Waals surface area (Å²) in [5.41, 5.74) is 2.95. The van der Waals surface area contributed by atoms with Gasteiger partial charge in [-0.2, -0.15) is 0 Å². The summed E-state index contributed by atoms with van der Waals surface area (Å²) >= 11 is 6.34. The molecule has 2 aromatic rings. The Bertz CT molecular complexity index is 817. The van der Waals surface area contributed by atoms with Crippen molar-refractivity contribution in [3.05, 3.63) is 63.9 Å². The number of rotatable bonds is 3. The molecule has 0 aliphatic carbocycles. The summed E-state index contributed by atoms with van der Waals surface area (Å²) in [7, 11) is 1.51. The van der Waals surface area contributed by atoms with Crippen LogP contribution in [0.1, 0.15) is 24.0 Å². The molecule has 1 aromatic heterocycles. The number of hydrogen-bond acceptors (Lipinski definition) is 4. The van der Waals surface area contributed by atoms with Crippen LogP contribution in [-0.4, -0.2) is 23.2 Å². The van der Waals surface area contributed by atoms with E-state index in [-0.39, 0.29) is 5.57 Å². The first-order valence-electron chi connectivity index (χ1n) is 7.03. The highest BCUT2D eigenvalue weighted by molar-refractivity contribution is 6.31. The third-order valence-electron chi connectivity index (χ3n) is 3.90. The Balaban J connectivity index is 2.33. The minimum absolute atomic E-state index is 0.233. The Kier molecular flexibility index (Phi) is 3.96. The summed E-state index contributed by atoms with van der Waals surface area (Å²) in [6.07, 6.45) is 1.62. The summed E-state index contributed by atoms with van der Waals surface area (Å²) < 4.78 is 5.36. The van der Waals surface area contributed by atoms with Gasteiger partial charge in [-0.3, -0.25) is 0 Å². The number of carboxylic acids is 1. The van der Waals surface area contributed by atoms with Gasteiger partial charge in [-0.05, 0) is 24.6 Å². The van der Waals surface area contributed by atoms with Crippen LogP contribution in [-0.2, 0) is 4.79 Å². The lowest BCUT2D eigenvalue weighted by Crippen LogP contribution is -2.23. The van der Waals surface area contributed by atoms with Crippen molar-refractivity contribution < 1.29 is 14.6 Å². The molecule has 0 radical (unpaired) electrons. The molecule has 3 rings (SSSR count). The van der Waals surface area contributed by atoms with Gasteiger partial charge in [0.2, 0.25) is 5.88 Å². The fourth-order valence-corrected chi connectivity index (χ4v) is 3.18. The topological polar surface area (TPSA) is 71.5 Å². The summed E-state index contributed by atoms with van der Waals surface area (Å²) in [6, 6.07) is 9.01. The van der Waals surface area contributed by atoms with Crippen LogP contribution in [0.15, 0.2) is 47.8 Å². The lowest BCUT2D eigenvalue weighted by Gasteiger charge is -2.30. The zero-order valence-electron chi connectivity index (χ0n) is 12.6. The highest BCUT2D eigenvalue weighted by atomic mass is 35.5. The molecule has 6 heteroatoms. The largest absolute Gasteiger partial charge is 0.481 e. The lowest BCUT2D eigenvalue weighted by atomic mass is 9.81. The number of pyridine rings is 1. The Labute approximate surface area is 138 Å². The number of aromatic nitrogens is 1. The van der Waals surface area contributed by atoms with Crippen LogP contribution < -0.4 is 10.1 Å². The van der Waals surface area contributed by atoms with Gasteiger partial charge in [-0.15, -0.1) is 0 Å². The number of carboxylic acid groups (broad SMARTS) is 1. The van der Waals surface area contributed by atoms with E-state index in [1.165, 1.54) is 7.11 Å². The van der Waals surface area contributed by atoms with E-state index in [2.05, 4.69) is 10.3 Å². The number of nitrogens with zero attached hydrogens (tertiary/aromatic N) is 1. The Morgan fingerprint density at radius 2 is 2.09 bits per heavy atom. The molecular formula is C17H15ClN2O3. The van der Waals surface area contributed by atoms with Crippen molar-refractivity contribution in [2.24, 2.45) is 0 Å². The second-order valence-corrected chi connectivity index (χ2v) is 5.61. The molecule has 1 aliphatic heterocycles. The van der Waals surface area contributed by atoms with E-state index in [1.807, 2.05) is 18.2 Å². The number of benzene rings is 1. The maximum Gasteiger partial charge on any atom is 0.334 e. The predicted molar refractivity (Wildman–Crippen MR) is 88.0 cm³/mol. The molecule has 0 fully saturated rings. The van der Waals surface area contributed by atoms with E-state index >= 15 is 0 Å². The van der Waals surface area contributed by atoms with Crippen LogP contribution in [0.4, 0.5) is 5.69 Å². The van der Waals surface area contributed by atoms with Gasteiger partial charge in [-0.1, -0.05) is 29.8 Å². The number of methoxy groups -OCH3 is 1. The highest BCUT2D eigenvalue weighted by Crippen LogP contribution is 2.46. The SMILES string of the molecule is COc1nccc2c1C(c1ccccc1Cl)C(C(=O)O)=C(C)N2. The Morgan fingerprint density at radius 3 is 2.74 bits per heavy atom. The molecule has 2 N–H and O–H groups in total. The minimum atomic E-state index is -1.00. The van der Waals surface area contributed by atoms with Gasteiger partial charge in [0.25, 0.3) is 0 Å². The number of nitrogens with one attached hydrogen (secondary N) is 1. The van der Waals surface area contributed by atoms with Crippen molar-refractivity contribution >= 4 is 23.3 Å². The van der Waals surface area contributed by atoms with Crippen molar-refractivity contribution in [1.29, 1.82) is 0 Å². The average molecular weight is 331 g/mol. The molecule has 1 unspecified atom stereocenters. The number of halogens is 1. The normalized spacial score (nSPS) is 16.6. The summed E-state index contributed by atoms with van der Waals surface area (Å²) in [6.45, 7) is 1.74. The Hall–Kier alpha value is -2.53. The standard InChI is InChI=1S/C17H15ClN2O3/c1-9-13(17(21)22)14(10-5-3-4-6-11(10)18)15-12(20-9)7-8-19-16(15)23-2/h3-8,14,20H,1-2H3,(H,21,22). The minimum Gasteiger partial charge on any atom is -0.481 e. The number of fused-ring (bicyclic) bond motifs is 1. The molecular weight excluding hydrogens is 316 g/mol. The molecule has 0 amide bonds. The molecule has 1 aliphatic rings. The van der Waals surface area contributed by atoms with Gasteiger partial charge in [0, 0.05) is 22.6 Å². The van der Waals surface area contributed by atoms with Gasteiger partial charge >= 0.3 is 5.97 Å². The second kappa shape index (κ2) is 5.93. The molecule has 1 aromatic carbocycles. The third kappa shape index (κ3) is 2.53. The number of carbonyl (C=O) groups is 1. The molecule has 0 spiro atoms. The monoisotopic (exact) mass is 330 g/mol. The van der Waals surface area contributed by atoms with E-state index in [1.54, 1.807) is 25.3 Å². The number of hydrogen-bond donors (Lipinski definition) is 2. The van der Waals surface area contributed by atoms with Gasteiger partial charge in [0.05, 0.1) is 24.2 Å². The zero-order chi connectivity index (χ0) is 16.6. The maximum atomic E-state index is 11.9. The van der Waals surface area contributed by atoms with Crippen LogP contribution in [0.5, 0.6) is 5.88 Å². The van der Waals surface area contributed by atoms with Gasteiger partial charge in [0.15, 0.2) is 0 Å². The van der Waals surface area contributed by atoms with Crippen LogP contribution >= 0.6 is 11.6 Å². The second-order valence-electron chi connectivity index (χ2n) is 5.20. The van der Waals surface area contributed by atoms with E-state index < -0.39 is 11.9 Å². The van der Waals surface area contributed by atoms with Gasteiger partial charge in [-0.25, -0.2) is 9.78 Å². The van der Waals surface area contributed by atoms with E-state index in [0.29, 0.717) is 27.7 Å². The molecule has 5 nitrogen and oxygen atoms in total. The number of allylic oxidation sites excluding steroid dienone is 1. The molecule has 0 bridgehead atoms. The van der Waals surface area contributed by atoms with Crippen LogP contribution in [0.2, 0.25) is 5.02 Å². The van der Waals surface area contributed by atoms with Crippen molar-refractivity contribution in [2.45, 2.75) is 12.8 Å². The summed E-state index contributed by atoms with van der Waals surface area (Å²) in [5, 5.41) is 13.3. The van der Waals surface area contributed by atoms with Crippen LogP contribution in [0, 0.1) is 0 Å².